The molecule has 0 bridgehead atoms. The highest BCUT2D eigenvalue weighted by molar-refractivity contribution is 9.10. The minimum atomic E-state index is 0.0681. The summed E-state index contributed by atoms with van der Waals surface area (Å²) in [5.41, 5.74) is 8.30. The van der Waals surface area contributed by atoms with Crippen LogP contribution < -0.4 is 10.6 Å². The van der Waals surface area contributed by atoms with Crippen molar-refractivity contribution in [3.8, 4) is 0 Å². The van der Waals surface area contributed by atoms with Gasteiger partial charge in [-0.05, 0) is 60.3 Å². The fourth-order valence-electron chi connectivity index (χ4n) is 2.49. The normalized spacial score (nSPS) is 20.5. The molecule has 2 N–H and O–H groups in total. The SMILES string of the molecule is CCN(CC1CCCO1)c1ccc(C(C)N)cc1Br. The third-order valence-corrected chi connectivity index (χ3v) is 4.30. The lowest BCUT2D eigenvalue weighted by Crippen LogP contribution is -2.32. The summed E-state index contributed by atoms with van der Waals surface area (Å²) in [6.45, 7) is 7.04. The largest absolute Gasteiger partial charge is 0.376 e. The van der Waals surface area contributed by atoms with E-state index in [4.69, 9.17) is 10.5 Å². The van der Waals surface area contributed by atoms with Gasteiger partial charge in [-0.3, -0.25) is 0 Å². The predicted octanol–water partition coefficient (Wildman–Crippen LogP) is 3.47. The molecular weight excluding hydrogens is 304 g/mol. The Labute approximate surface area is 124 Å². The average molecular weight is 327 g/mol. The third kappa shape index (κ3) is 3.71. The molecule has 1 aromatic rings. The van der Waals surface area contributed by atoms with Crippen LogP contribution in [-0.4, -0.2) is 25.8 Å². The number of anilines is 1. The second kappa shape index (κ2) is 6.73. The van der Waals surface area contributed by atoms with Gasteiger partial charge >= 0.3 is 0 Å². The Balaban J connectivity index is 2.13. The standard InChI is InChI=1S/C15H23BrN2O/c1-3-18(10-13-5-4-8-19-13)15-7-6-12(11(2)17)9-14(15)16/h6-7,9,11,13H,3-5,8,10,17H2,1-2H3. The van der Waals surface area contributed by atoms with E-state index in [1.54, 1.807) is 0 Å². The minimum Gasteiger partial charge on any atom is -0.376 e. The number of rotatable bonds is 5. The van der Waals surface area contributed by atoms with Crippen LogP contribution in [0.15, 0.2) is 22.7 Å². The van der Waals surface area contributed by atoms with Gasteiger partial charge in [0.05, 0.1) is 11.8 Å². The highest BCUT2D eigenvalue weighted by Gasteiger charge is 2.20. The lowest BCUT2D eigenvalue weighted by atomic mass is 10.1. The van der Waals surface area contributed by atoms with Gasteiger partial charge in [0.1, 0.15) is 0 Å². The third-order valence-electron chi connectivity index (χ3n) is 3.67. The Morgan fingerprint density at radius 1 is 1.53 bits per heavy atom. The van der Waals surface area contributed by atoms with E-state index in [9.17, 15) is 0 Å². The van der Waals surface area contributed by atoms with E-state index in [1.807, 2.05) is 6.92 Å². The van der Waals surface area contributed by atoms with Crippen LogP contribution in [0.3, 0.4) is 0 Å². The van der Waals surface area contributed by atoms with E-state index >= 15 is 0 Å². The Kier molecular flexibility index (Phi) is 5.25. The van der Waals surface area contributed by atoms with Crippen molar-refractivity contribution >= 4 is 21.6 Å². The molecule has 1 heterocycles. The quantitative estimate of drug-likeness (QED) is 0.900. The lowest BCUT2D eigenvalue weighted by molar-refractivity contribution is 0.115. The first-order valence-electron chi connectivity index (χ1n) is 7.03. The van der Waals surface area contributed by atoms with Gasteiger partial charge in [-0.1, -0.05) is 6.07 Å². The molecule has 1 saturated heterocycles. The van der Waals surface area contributed by atoms with Crippen LogP contribution in [0.1, 0.15) is 38.3 Å². The topological polar surface area (TPSA) is 38.5 Å². The van der Waals surface area contributed by atoms with E-state index in [1.165, 1.54) is 18.5 Å². The zero-order valence-corrected chi connectivity index (χ0v) is 13.3. The molecule has 4 heteroatoms. The Bertz CT molecular complexity index is 417. The molecule has 0 spiro atoms. The first-order chi connectivity index (χ1) is 9.11. The van der Waals surface area contributed by atoms with Crippen molar-refractivity contribution in [2.75, 3.05) is 24.6 Å². The van der Waals surface area contributed by atoms with E-state index in [0.29, 0.717) is 6.10 Å². The maximum Gasteiger partial charge on any atom is 0.0750 e. The van der Waals surface area contributed by atoms with Gasteiger partial charge in [0.15, 0.2) is 0 Å². The molecule has 0 radical (unpaired) electrons. The average Bonchev–Trinajstić information content (AvgIpc) is 2.89. The van der Waals surface area contributed by atoms with Gasteiger partial charge in [0.25, 0.3) is 0 Å². The second-order valence-corrected chi connectivity index (χ2v) is 6.03. The molecular formula is C15H23BrN2O. The summed E-state index contributed by atoms with van der Waals surface area (Å²) in [6.07, 6.45) is 2.74. The van der Waals surface area contributed by atoms with Crippen LogP contribution in [0.5, 0.6) is 0 Å². The summed E-state index contributed by atoms with van der Waals surface area (Å²) in [6, 6.07) is 6.46. The summed E-state index contributed by atoms with van der Waals surface area (Å²) in [5.74, 6) is 0. The van der Waals surface area contributed by atoms with E-state index < -0.39 is 0 Å². The molecule has 2 unspecified atom stereocenters. The van der Waals surface area contributed by atoms with Crippen LogP contribution in [0, 0.1) is 0 Å². The molecule has 3 nitrogen and oxygen atoms in total. The maximum atomic E-state index is 5.92. The lowest BCUT2D eigenvalue weighted by Gasteiger charge is -2.27. The minimum absolute atomic E-state index is 0.0681. The van der Waals surface area contributed by atoms with E-state index in [-0.39, 0.29) is 6.04 Å². The fraction of sp³-hybridized carbons (Fsp3) is 0.600. The van der Waals surface area contributed by atoms with Crippen molar-refractivity contribution in [1.82, 2.24) is 0 Å². The first-order valence-corrected chi connectivity index (χ1v) is 7.82. The van der Waals surface area contributed by atoms with Crippen molar-refractivity contribution in [3.05, 3.63) is 28.2 Å². The van der Waals surface area contributed by atoms with Crippen LogP contribution in [0.2, 0.25) is 0 Å². The van der Waals surface area contributed by atoms with Crippen molar-refractivity contribution in [2.45, 2.75) is 38.8 Å². The number of benzene rings is 1. The molecule has 0 aliphatic carbocycles. The van der Waals surface area contributed by atoms with Gasteiger partial charge < -0.3 is 15.4 Å². The van der Waals surface area contributed by atoms with Gasteiger partial charge in [-0.25, -0.2) is 0 Å². The number of hydrogen-bond donors (Lipinski definition) is 1. The Morgan fingerprint density at radius 3 is 2.84 bits per heavy atom. The van der Waals surface area contributed by atoms with Gasteiger partial charge in [0, 0.05) is 30.2 Å². The molecule has 1 fully saturated rings. The highest BCUT2D eigenvalue weighted by atomic mass is 79.9. The molecule has 1 aliphatic rings. The van der Waals surface area contributed by atoms with Crippen LogP contribution in [0.25, 0.3) is 0 Å². The van der Waals surface area contributed by atoms with Crippen molar-refractivity contribution in [3.63, 3.8) is 0 Å². The second-order valence-electron chi connectivity index (χ2n) is 5.17. The molecule has 0 aromatic heterocycles. The summed E-state index contributed by atoms with van der Waals surface area (Å²) in [4.78, 5) is 2.37. The molecule has 106 valence electrons. The van der Waals surface area contributed by atoms with Gasteiger partial charge in [-0.2, -0.15) is 0 Å². The molecule has 19 heavy (non-hydrogen) atoms. The van der Waals surface area contributed by atoms with Gasteiger partial charge in [-0.15, -0.1) is 0 Å². The number of nitrogens with two attached hydrogens (primary N) is 1. The summed E-state index contributed by atoms with van der Waals surface area (Å²) < 4.78 is 6.84. The highest BCUT2D eigenvalue weighted by Crippen LogP contribution is 2.30. The maximum absolute atomic E-state index is 5.92. The monoisotopic (exact) mass is 326 g/mol. The molecule has 0 saturated carbocycles. The van der Waals surface area contributed by atoms with Crippen LogP contribution in [-0.2, 0) is 4.74 Å². The van der Waals surface area contributed by atoms with Crippen molar-refractivity contribution in [1.29, 1.82) is 0 Å². The molecule has 1 aromatic carbocycles. The van der Waals surface area contributed by atoms with Gasteiger partial charge in [0.2, 0.25) is 0 Å². The Morgan fingerprint density at radius 2 is 2.32 bits per heavy atom. The molecule has 2 rings (SSSR count). The molecule has 0 amide bonds. The predicted molar refractivity (Wildman–Crippen MR) is 83.6 cm³/mol. The van der Waals surface area contributed by atoms with E-state index in [2.05, 4.69) is 46.0 Å². The van der Waals surface area contributed by atoms with Crippen LogP contribution >= 0.6 is 15.9 Å². The zero-order chi connectivity index (χ0) is 13.8. The number of hydrogen-bond acceptors (Lipinski definition) is 3. The zero-order valence-electron chi connectivity index (χ0n) is 11.7. The summed E-state index contributed by atoms with van der Waals surface area (Å²) >= 11 is 3.67. The van der Waals surface area contributed by atoms with Crippen LogP contribution in [0.4, 0.5) is 5.69 Å². The Hall–Kier alpha value is -0.580. The summed E-state index contributed by atoms with van der Waals surface area (Å²) in [5, 5.41) is 0. The van der Waals surface area contributed by atoms with Crippen molar-refractivity contribution < 1.29 is 4.74 Å². The first kappa shape index (κ1) is 14.8. The number of likely N-dealkylation sites (N-methyl/N-ethyl adjacent to an activating group) is 1. The van der Waals surface area contributed by atoms with E-state index in [0.717, 1.165) is 29.7 Å². The summed E-state index contributed by atoms with van der Waals surface area (Å²) in [7, 11) is 0. The number of halogens is 1. The van der Waals surface area contributed by atoms with Crippen molar-refractivity contribution in [2.24, 2.45) is 5.73 Å². The number of nitrogens with zero attached hydrogens (tertiary/aromatic N) is 1. The number of ether oxygens (including phenoxy) is 1. The smallest absolute Gasteiger partial charge is 0.0750 e. The molecule has 1 aliphatic heterocycles. The fourth-order valence-corrected chi connectivity index (χ4v) is 3.14. The molecule has 2 atom stereocenters.